The van der Waals surface area contributed by atoms with E-state index in [0.29, 0.717) is 23.7 Å². The van der Waals surface area contributed by atoms with Crippen molar-refractivity contribution in [2.75, 3.05) is 33.1 Å². The molecule has 1 heterocycles. The summed E-state index contributed by atoms with van der Waals surface area (Å²) in [6.45, 7) is 2.40. The van der Waals surface area contributed by atoms with E-state index in [-0.39, 0.29) is 11.9 Å². The SMILES string of the molecule is COc1cc(NC(=O)CN(C)C(C)c2cccs2)cc(OC)c1. The van der Waals surface area contributed by atoms with Gasteiger partial charge < -0.3 is 14.8 Å². The van der Waals surface area contributed by atoms with Gasteiger partial charge in [-0.3, -0.25) is 9.69 Å². The van der Waals surface area contributed by atoms with E-state index in [9.17, 15) is 4.79 Å². The molecule has 124 valence electrons. The van der Waals surface area contributed by atoms with Crippen molar-refractivity contribution in [3.63, 3.8) is 0 Å². The lowest BCUT2D eigenvalue weighted by Crippen LogP contribution is -2.31. The van der Waals surface area contributed by atoms with Crippen LogP contribution in [-0.2, 0) is 4.79 Å². The largest absolute Gasteiger partial charge is 0.497 e. The number of nitrogens with zero attached hydrogens (tertiary/aromatic N) is 1. The van der Waals surface area contributed by atoms with Gasteiger partial charge in [-0.15, -0.1) is 11.3 Å². The van der Waals surface area contributed by atoms with Gasteiger partial charge in [0.15, 0.2) is 0 Å². The van der Waals surface area contributed by atoms with Crippen LogP contribution in [0.15, 0.2) is 35.7 Å². The molecule has 0 aliphatic rings. The molecule has 1 N–H and O–H groups in total. The number of carbonyl (C=O) groups is 1. The van der Waals surface area contributed by atoms with Gasteiger partial charge in [0.05, 0.1) is 20.8 Å². The van der Waals surface area contributed by atoms with E-state index in [1.807, 2.05) is 23.4 Å². The van der Waals surface area contributed by atoms with Crippen molar-refractivity contribution in [2.24, 2.45) is 0 Å². The fraction of sp³-hybridized carbons (Fsp3) is 0.353. The number of carbonyl (C=O) groups excluding carboxylic acids is 1. The van der Waals surface area contributed by atoms with Crippen molar-refractivity contribution in [1.82, 2.24) is 4.90 Å². The Balaban J connectivity index is 1.99. The molecular weight excluding hydrogens is 312 g/mol. The fourth-order valence-corrected chi connectivity index (χ4v) is 3.04. The number of likely N-dealkylation sites (N-methyl/N-ethyl adjacent to an activating group) is 1. The van der Waals surface area contributed by atoms with Crippen LogP contribution in [0.3, 0.4) is 0 Å². The van der Waals surface area contributed by atoms with Gasteiger partial charge >= 0.3 is 0 Å². The first kappa shape index (κ1) is 17.3. The first-order chi connectivity index (χ1) is 11.0. The van der Waals surface area contributed by atoms with Gasteiger partial charge in [0.1, 0.15) is 11.5 Å². The summed E-state index contributed by atoms with van der Waals surface area (Å²) < 4.78 is 10.4. The van der Waals surface area contributed by atoms with E-state index >= 15 is 0 Å². The molecule has 1 aromatic carbocycles. The summed E-state index contributed by atoms with van der Waals surface area (Å²) in [4.78, 5) is 15.5. The molecule has 2 aromatic rings. The van der Waals surface area contributed by atoms with Gasteiger partial charge in [0, 0.05) is 34.8 Å². The highest BCUT2D eigenvalue weighted by Crippen LogP contribution is 2.26. The Bertz CT molecular complexity index is 621. The fourth-order valence-electron chi connectivity index (χ4n) is 2.19. The third-order valence-corrected chi connectivity index (χ3v) is 4.69. The van der Waals surface area contributed by atoms with Gasteiger partial charge in [0.2, 0.25) is 5.91 Å². The minimum Gasteiger partial charge on any atom is -0.497 e. The smallest absolute Gasteiger partial charge is 0.238 e. The highest BCUT2D eigenvalue weighted by Gasteiger charge is 2.16. The average molecular weight is 334 g/mol. The number of anilines is 1. The van der Waals surface area contributed by atoms with Crippen molar-refractivity contribution < 1.29 is 14.3 Å². The summed E-state index contributed by atoms with van der Waals surface area (Å²) in [6.07, 6.45) is 0. The van der Waals surface area contributed by atoms with Crippen LogP contribution in [0.5, 0.6) is 11.5 Å². The Hall–Kier alpha value is -2.05. The molecule has 6 heteroatoms. The summed E-state index contributed by atoms with van der Waals surface area (Å²) in [5.41, 5.74) is 0.656. The van der Waals surface area contributed by atoms with Crippen LogP contribution in [0.1, 0.15) is 17.8 Å². The van der Waals surface area contributed by atoms with Crippen LogP contribution in [-0.4, -0.2) is 38.6 Å². The number of thiophene rings is 1. The van der Waals surface area contributed by atoms with Crippen LogP contribution < -0.4 is 14.8 Å². The Kier molecular flexibility index (Phi) is 6.01. The lowest BCUT2D eigenvalue weighted by atomic mass is 10.2. The Morgan fingerprint density at radius 3 is 2.43 bits per heavy atom. The zero-order chi connectivity index (χ0) is 16.8. The summed E-state index contributed by atoms with van der Waals surface area (Å²) in [7, 11) is 5.10. The molecule has 0 fully saturated rings. The average Bonchev–Trinajstić information content (AvgIpc) is 3.07. The normalized spacial score (nSPS) is 12.0. The molecule has 0 radical (unpaired) electrons. The summed E-state index contributed by atoms with van der Waals surface area (Å²) >= 11 is 1.69. The van der Waals surface area contributed by atoms with Crippen molar-refractivity contribution >= 4 is 22.9 Å². The molecule has 0 bridgehead atoms. The van der Waals surface area contributed by atoms with Gasteiger partial charge in [-0.2, -0.15) is 0 Å². The second-order valence-corrected chi connectivity index (χ2v) is 6.24. The van der Waals surface area contributed by atoms with E-state index in [1.54, 1.807) is 43.8 Å². The van der Waals surface area contributed by atoms with E-state index < -0.39 is 0 Å². The first-order valence-electron chi connectivity index (χ1n) is 7.30. The second kappa shape index (κ2) is 7.99. The van der Waals surface area contributed by atoms with Crippen LogP contribution in [0.2, 0.25) is 0 Å². The molecule has 0 aliphatic heterocycles. The molecule has 1 atom stereocenters. The zero-order valence-corrected chi connectivity index (χ0v) is 14.6. The minimum absolute atomic E-state index is 0.0776. The zero-order valence-electron chi connectivity index (χ0n) is 13.8. The molecule has 0 spiro atoms. The first-order valence-corrected chi connectivity index (χ1v) is 8.18. The van der Waals surface area contributed by atoms with Crippen molar-refractivity contribution in [3.05, 3.63) is 40.6 Å². The summed E-state index contributed by atoms with van der Waals surface area (Å²) in [5.74, 6) is 1.20. The molecule has 23 heavy (non-hydrogen) atoms. The number of methoxy groups -OCH3 is 2. The highest BCUT2D eigenvalue weighted by molar-refractivity contribution is 7.10. The van der Waals surface area contributed by atoms with E-state index in [2.05, 4.69) is 18.3 Å². The van der Waals surface area contributed by atoms with Crippen LogP contribution >= 0.6 is 11.3 Å². The molecule has 0 aliphatic carbocycles. The van der Waals surface area contributed by atoms with Crippen molar-refractivity contribution in [3.8, 4) is 11.5 Å². The monoisotopic (exact) mass is 334 g/mol. The third-order valence-electron chi connectivity index (χ3n) is 3.64. The maximum atomic E-state index is 12.3. The predicted octanol–water partition coefficient (Wildman–Crippen LogP) is 3.40. The lowest BCUT2D eigenvalue weighted by molar-refractivity contribution is -0.117. The number of amides is 1. The number of ether oxygens (including phenoxy) is 2. The number of hydrogen-bond donors (Lipinski definition) is 1. The third kappa shape index (κ3) is 4.71. The van der Waals surface area contributed by atoms with Crippen LogP contribution in [0, 0.1) is 0 Å². The maximum absolute atomic E-state index is 12.3. The van der Waals surface area contributed by atoms with Gasteiger partial charge in [-0.25, -0.2) is 0 Å². The van der Waals surface area contributed by atoms with Crippen LogP contribution in [0.4, 0.5) is 5.69 Å². The molecule has 0 saturated heterocycles. The van der Waals surface area contributed by atoms with Crippen LogP contribution in [0.25, 0.3) is 0 Å². The van der Waals surface area contributed by atoms with E-state index in [4.69, 9.17) is 9.47 Å². The molecular formula is C17H22N2O3S. The molecule has 1 amide bonds. The lowest BCUT2D eigenvalue weighted by Gasteiger charge is -2.23. The Morgan fingerprint density at radius 1 is 1.26 bits per heavy atom. The number of rotatable bonds is 7. The molecule has 5 nitrogen and oxygen atoms in total. The molecule has 1 unspecified atom stereocenters. The summed E-state index contributed by atoms with van der Waals surface area (Å²) in [6, 6.07) is 9.59. The second-order valence-electron chi connectivity index (χ2n) is 5.26. The van der Waals surface area contributed by atoms with Gasteiger partial charge in [0.25, 0.3) is 0 Å². The molecule has 0 saturated carbocycles. The minimum atomic E-state index is -0.0776. The van der Waals surface area contributed by atoms with Gasteiger partial charge in [-0.05, 0) is 25.4 Å². The topological polar surface area (TPSA) is 50.8 Å². The number of hydrogen-bond acceptors (Lipinski definition) is 5. The van der Waals surface area contributed by atoms with Crippen molar-refractivity contribution in [2.45, 2.75) is 13.0 Å². The van der Waals surface area contributed by atoms with E-state index in [1.165, 1.54) is 4.88 Å². The highest BCUT2D eigenvalue weighted by atomic mass is 32.1. The number of nitrogens with one attached hydrogen (secondary N) is 1. The predicted molar refractivity (Wildman–Crippen MR) is 93.5 cm³/mol. The van der Waals surface area contributed by atoms with Gasteiger partial charge in [-0.1, -0.05) is 6.07 Å². The molecule has 1 aromatic heterocycles. The van der Waals surface area contributed by atoms with Crippen molar-refractivity contribution in [1.29, 1.82) is 0 Å². The maximum Gasteiger partial charge on any atom is 0.238 e. The standard InChI is InChI=1S/C17H22N2O3S/c1-12(16-6-5-7-23-16)19(2)11-17(20)18-13-8-14(21-3)10-15(9-13)22-4/h5-10,12H,11H2,1-4H3,(H,18,20). The Labute approximate surface area is 140 Å². The summed E-state index contributed by atoms with van der Waals surface area (Å²) in [5, 5.41) is 4.93. The Morgan fingerprint density at radius 2 is 1.91 bits per heavy atom. The number of benzene rings is 1. The molecule has 2 rings (SSSR count). The quantitative estimate of drug-likeness (QED) is 0.843. The van der Waals surface area contributed by atoms with E-state index in [0.717, 1.165) is 0 Å².